The van der Waals surface area contributed by atoms with Gasteiger partial charge in [0.15, 0.2) is 5.75 Å². The molecule has 1 aromatic heterocycles. The molecule has 0 radical (unpaired) electrons. The standard InChI is InChI=1S/C12H17N3O5/c1-6(2)19-8-4-5-14-11(9(8)16)20-12(18)15-10(17)7(3)13/h4-7,16H,13H2,1-3H3,(H,15,17,18)/t7-/m0/s1. The molecule has 1 aromatic rings. The molecule has 0 aliphatic carbocycles. The minimum atomic E-state index is -1.09. The Kier molecular flexibility index (Phi) is 5.27. The van der Waals surface area contributed by atoms with Crippen molar-refractivity contribution in [2.24, 2.45) is 5.73 Å². The molecule has 1 heterocycles. The Bertz CT molecular complexity index is 502. The number of rotatable bonds is 4. The van der Waals surface area contributed by atoms with E-state index in [0.717, 1.165) is 0 Å². The number of carbonyl (C=O) groups excluding carboxylic acids is 2. The molecule has 8 heteroatoms. The zero-order chi connectivity index (χ0) is 15.3. The molecule has 0 aromatic carbocycles. The topological polar surface area (TPSA) is 124 Å². The maximum atomic E-state index is 11.4. The summed E-state index contributed by atoms with van der Waals surface area (Å²) in [6, 6.07) is 0.562. The van der Waals surface area contributed by atoms with Crippen LogP contribution in [0.1, 0.15) is 20.8 Å². The SMILES string of the molecule is CC(C)Oc1ccnc(OC(=O)NC(=O)[C@H](C)N)c1O. The quantitative estimate of drug-likeness (QED) is 0.736. The molecule has 8 nitrogen and oxygen atoms in total. The normalized spacial score (nSPS) is 11.8. The molecule has 0 aliphatic rings. The zero-order valence-corrected chi connectivity index (χ0v) is 11.4. The molecule has 2 amide bonds. The first-order chi connectivity index (χ1) is 9.31. The highest BCUT2D eigenvalue weighted by atomic mass is 16.6. The molecule has 4 N–H and O–H groups in total. The van der Waals surface area contributed by atoms with E-state index < -0.39 is 23.8 Å². The smallest absolute Gasteiger partial charge is 0.420 e. The fourth-order valence-electron chi connectivity index (χ4n) is 1.17. The van der Waals surface area contributed by atoms with Gasteiger partial charge in [-0.3, -0.25) is 10.1 Å². The number of nitrogens with two attached hydrogens (primary N) is 1. The Labute approximate surface area is 115 Å². The van der Waals surface area contributed by atoms with Crippen molar-refractivity contribution in [3.05, 3.63) is 12.3 Å². The van der Waals surface area contributed by atoms with Gasteiger partial charge in [0.05, 0.1) is 12.1 Å². The molecule has 0 saturated carbocycles. The summed E-state index contributed by atoms with van der Waals surface area (Å²) in [6.07, 6.45) is 0.0365. The number of nitrogens with one attached hydrogen (secondary N) is 1. The molecule has 0 unspecified atom stereocenters. The van der Waals surface area contributed by atoms with E-state index >= 15 is 0 Å². The van der Waals surface area contributed by atoms with Crippen molar-refractivity contribution in [2.45, 2.75) is 32.9 Å². The number of aromatic nitrogens is 1. The highest BCUT2D eigenvalue weighted by Crippen LogP contribution is 2.34. The van der Waals surface area contributed by atoms with Crippen LogP contribution >= 0.6 is 0 Å². The van der Waals surface area contributed by atoms with Gasteiger partial charge >= 0.3 is 6.09 Å². The van der Waals surface area contributed by atoms with Gasteiger partial charge in [-0.25, -0.2) is 9.78 Å². The number of imide groups is 1. The maximum Gasteiger partial charge on any atom is 0.420 e. The number of pyridine rings is 1. The van der Waals surface area contributed by atoms with E-state index in [2.05, 4.69) is 4.98 Å². The predicted molar refractivity (Wildman–Crippen MR) is 69.5 cm³/mol. The Morgan fingerprint density at radius 1 is 1.40 bits per heavy atom. The van der Waals surface area contributed by atoms with Crippen molar-refractivity contribution < 1.29 is 24.2 Å². The van der Waals surface area contributed by atoms with Crippen LogP contribution in [0.4, 0.5) is 4.79 Å². The Hall–Kier alpha value is -2.35. The highest BCUT2D eigenvalue weighted by Gasteiger charge is 2.18. The second-order valence-electron chi connectivity index (χ2n) is 4.30. The van der Waals surface area contributed by atoms with Gasteiger partial charge in [0.25, 0.3) is 5.88 Å². The molecule has 1 rings (SSSR count). The van der Waals surface area contributed by atoms with Crippen molar-refractivity contribution >= 4 is 12.0 Å². The third-order valence-electron chi connectivity index (χ3n) is 2.04. The van der Waals surface area contributed by atoms with Crippen molar-refractivity contribution in [3.8, 4) is 17.4 Å². The lowest BCUT2D eigenvalue weighted by Crippen LogP contribution is -2.42. The van der Waals surface area contributed by atoms with Crippen LogP contribution in [-0.2, 0) is 4.79 Å². The van der Waals surface area contributed by atoms with Gasteiger partial charge in [-0.1, -0.05) is 0 Å². The molecular formula is C12H17N3O5. The van der Waals surface area contributed by atoms with Gasteiger partial charge < -0.3 is 20.3 Å². The summed E-state index contributed by atoms with van der Waals surface area (Å²) in [5.74, 6) is -1.37. The van der Waals surface area contributed by atoms with E-state index in [1.54, 1.807) is 13.8 Å². The largest absolute Gasteiger partial charge is 0.501 e. The number of nitrogens with zero attached hydrogens (tertiary/aromatic N) is 1. The van der Waals surface area contributed by atoms with Crippen LogP contribution in [0, 0.1) is 0 Å². The third kappa shape index (κ3) is 4.39. The molecule has 0 spiro atoms. The first kappa shape index (κ1) is 15.7. The van der Waals surface area contributed by atoms with E-state index in [4.69, 9.17) is 15.2 Å². The summed E-state index contributed by atoms with van der Waals surface area (Å²) in [4.78, 5) is 26.3. The number of ether oxygens (including phenoxy) is 2. The van der Waals surface area contributed by atoms with Crippen LogP contribution < -0.4 is 20.5 Å². The number of hydrogen-bond acceptors (Lipinski definition) is 7. The van der Waals surface area contributed by atoms with E-state index in [0.29, 0.717) is 0 Å². The van der Waals surface area contributed by atoms with Gasteiger partial charge in [0.1, 0.15) is 0 Å². The minimum absolute atomic E-state index is 0.122. The summed E-state index contributed by atoms with van der Waals surface area (Å²) in [5.41, 5.74) is 5.28. The van der Waals surface area contributed by atoms with Gasteiger partial charge in [-0.15, -0.1) is 0 Å². The van der Waals surface area contributed by atoms with Crippen LogP contribution in [0.3, 0.4) is 0 Å². The molecule has 20 heavy (non-hydrogen) atoms. The number of hydrogen-bond donors (Lipinski definition) is 3. The summed E-state index contributed by atoms with van der Waals surface area (Å²) < 4.78 is 10.0. The molecule has 0 bridgehead atoms. The van der Waals surface area contributed by atoms with Gasteiger partial charge in [0, 0.05) is 12.3 Å². The fraction of sp³-hybridized carbons (Fsp3) is 0.417. The zero-order valence-electron chi connectivity index (χ0n) is 11.4. The lowest BCUT2D eigenvalue weighted by molar-refractivity contribution is -0.121. The second kappa shape index (κ2) is 6.71. The first-order valence-electron chi connectivity index (χ1n) is 5.94. The molecule has 0 aliphatic heterocycles. The van der Waals surface area contributed by atoms with Crippen molar-refractivity contribution in [1.82, 2.24) is 10.3 Å². The summed E-state index contributed by atoms with van der Waals surface area (Å²) >= 11 is 0. The number of aromatic hydroxyl groups is 1. The number of carbonyl (C=O) groups is 2. The summed E-state index contributed by atoms with van der Waals surface area (Å²) in [7, 11) is 0. The van der Waals surface area contributed by atoms with Crippen molar-refractivity contribution in [3.63, 3.8) is 0 Å². The lowest BCUT2D eigenvalue weighted by atomic mass is 10.3. The molecule has 0 saturated heterocycles. The lowest BCUT2D eigenvalue weighted by Gasteiger charge is -2.13. The van der Waals surface area contributed by atoms with Crippen molar-refractivity contribution in [2.75, 3.05) is 0 Å². The monoisotopic (exact) mass is 283 g/mol. The predicted octanol–water partition coefficient (Wildman–Crippen LogP) is 0.537. The van der Waals surface area contributed by atoms with E-state index in [1.165, 1.54) is 19.2 Å². The Morgan fingerprint density at radius 3 is 2.60 bits per heavy atom. The van der Waals surface area contributed by atoms with E-state index in [1.807, 2.05) is 5.32 Å². The first-order valence-corrected chi connectivity index (χ1v) is 5.94. The molecule has 110 valence electrons. The Morgan fingerprint density at radius 2 is 2.05 bits per heavy atom. The molecular weight excluding hydrogens is 266 g/mol. The van der Waals surface area contributed by atoms with Crippen LogP contribution in [0.2, 0.25) is 0 Å². The van der Waals surface area contributed by atoms with Crippen LogP contribution in [0.25, 0.3) is 0 Å². The van der Waals surface area contributed by atoms with Gasteiger partial charge in [-0.2, -0.15) is 0 Å². The third-order valence-corrected chi connectivity index (χ3v) is 2.04. The van der Waals surface area contributed by atoms with Gasteiger partial charge in [-0.05, 0) is 20.8 Å². The van der Waals surface area contributed by atoms with Crippen molar-refractivity contribution in [1.29, 1.82) is 0 Å². The summed E-state index contributed by atoms with van der Waals surface area (Å²) in [6.45, 7) is 4.96. The molecule has 0 fully saturated rings. The van der Waals surface area contributed by atoms with E-state index in [-0.39, 0.29) is 17.7 Å². The summed E-state index contributed by atoms with van der Waals surface area (Å²) in [5, 5.41) is 11.7. The average Bonchev–Trinajstić information content (AvgIpc) is 2.33. The van der Waals surface area contributed by atoms with Gasteiger partial charge in [0.2, 0.25) is 11.7 Å². The van der Waals surface area contributed by atoms with E-state index in [9.17, 15) is 14.7 Å². The van der Waals surface area contributed by atoms with Crippen LogP contribution in [-0.4, -0.2) is 34.2 Å². The molecule has 1 atom stereocenters. The van der Waals surface area contributed by atoms with Crippen LogP contribution in [0.5, 0.6) is 17.4 Å². The second-order valence-corrected chi connectivity index (χ2v) is 4.30. The minimum Gasteiger partial charge on any atom is -0.501 e. The number of amides is 2. The highest BCUT2D eigenvalue weighted by molar-refractivity contribution is 5.95. The fourth-order valence-corrected chi connectivity index (χ4v) is 1.17. The average molecular weight is 283 g/mol. The maximum absolute atomic E-state index is 11.4. The Balaban J connectivity index is 2.77. The van der Waals surface area contributed by atoms with Crippen LogP contribution in [0.15, 0.2) is 12.3 Å².